The highest BCUT2D eigenvalue weighted by atomic mass is 16.5. The maximum absolute atomic E-state index is 11.1. The molecule has 0 fully saturated rings. The predicted octanol–water partition coefficient (Wildman–Crippen LogP) is 1.92. The SMILES string of the molecule is CC(C)OC(=O)C=Nc1ccc(N)cc1. The number of nitrogens with zero attached hydrogens (tertiary/aromatic N) is 1. The molecule has 0 radical (unpaired) electrons. The van der Waals surface area contributed by atoms with Gasteiger partial charge in [0.05, 0.1) is 11.8 Å². The number of aliphatic imine (C=N–C) groups is 1. The van der Waals surface area contributed by atoms with Gasteiger partial charge >= 0.3 is 5.97 Å². The Bertz CT molecular complexity index is 355. The van der Waals surface area contributed by atoms with Crippen LogP contribution in [0.3, 0.4) is 0 Å². The zero-order valence-electron chi connectivity index (χ0n) is 8.81. The Labute approximate surface area is 88.8 Å². The van der Waals surface area contributed by atoms with Crippen LogP contribution in [0.1, 0.15) is 13.8 Å². The number of hydrogen-bond donors (Lipinski definition) is 1. The molecule has 0 saturated carbocycles. The second-order valence-corrected chi connectivity index (χ2v) is 3.34. The van der Waals surface area contributed by atoms with Crippen molar-refractivity contribution >= 4 is 23.6 Å². The number of nitrogen functional groups attached to an aromatic ring is 1. The van der Waals surface area contributed by atoms with Crippen LogP contribution in [0.5, 0.6) is 0 Å². The number of esters is 1. The van der Waals surface area contributed by atoms with E-state index < -0.39 is 5.97 Å². The molecular weight excluding hydrogens is 192 g/mol. The molecule has 0 unspecified atom stereocenters. The van der Waals surface area contributed by atoms with E-state index in [-0.39, 0.29) is 6.10 Å². The van der Waals surface area contributed by atoms with Crippen molar-refractivity contribution in [1.29, 1.82) is 0 Å². The van der Waals surface area contributed by atoms with E-state index >= 15 is 0 Å². The summed E-state index contributed by atoms with van der Waals surface area (Å²) in [7, 11) is 0. The molecule has 80 valence electrons. The predicted molar refractivity (Wildman–Crippen MR) is 60.2 cm³/mol. The summed E-state index contributed by atoms with van der Waals surface area (Å²) >= 11 is 0. The van der Waals surface area contributed by atoms with Crippen LogP contribution < -0.4 is 5.73 Å². The molecule has 0 aliphatic carbocycles. The Hall–Kier alpha value is -1.84. The smallest absolute Gasteiger partial charge is 0.349 e. The molecule has 0 aromatic heterocycles. The number of hydrogen-bond acceptors (Lipinski definition) is 4. The molecule has 0 atom stereocenters. The van der Waals surface area contributed by atoms with Gasteiger partial charge in [0.2, 0.25) is 0 Å². The first kappa shape index (κ1) is 11.2. The monoisotopic (exact) mass is 206 g/mol. The van der Waals surface area contributed by atoms with Crippen LogP contribution >= 0.6 is 0 Å². The molecule has 0 aliphatic rings. The van der Waals surface area contributed by atoms with Crippen LogP contribution in [0.2, 0.25) is 0 Å². The van der Waals surface area contributed by atoms with E-state index in [1.165, 1.54) is 0 Å². The summed E-state index contributed by atoms with van der Waals surface area (Å²) < 4.78 is 4.88. The zero-order chi connectivity index (χ0) is 11.3. The fourth-order valence-corrected chi connectivity index (χ4v) is 0.950. The molecular formula is C11H14N2O2. The van der Waals surface area contributed by atoms with Gasteiger partial charge in [0.25, 0.3) is 0 Å². The third-order valence-electron chi connectivity index (χ3n) is 1.56. The van der Waals surface area contributed by atoms with Gasteiger partial charge in [0, 0.05) is 5.69 Å². The lowest BCUT2D eigenvalue weighted by atomic mass is 10.3. The average Bonchev–Trinajstić information content (AvgIpc) is 2.16. The maximum atomic E-state index is 11.1. The highest BCUT2D eigenvalue weighted by Crippen LogP contribution is 2.13. The summed E-state index contributed by atoms with van der Waals surface area (Å²) in [6, 6.07) is 6.91. The van der Waals surface area contributed by atoms with Gasteiger partial charge in [0.15, 0.2) is 0 Å². The molecule has 0 heterocycles. The number of ether oxygens (including phenoxy) is 1. The van der Waals surface area contributed by atoms with Gasteiger partial charge in [-0.05, 0) is 38.1 Å². The van der Waals surface area contributed by atoms with Crippen LogP contribution in [-0.2, 0) is 9.53 Å². The molecule has 1 aromatic rings. The second kappa shape index (κ2) is 5.14. The summed E-state index contributed by atoms with van der Waals surface area (Å²) in [6.45, 7) is 3.57. The number of carbonyl (C=O) groups is 1. The van der Waals surface area contributed by atoms with Crippen molar-refractivity contribution in [2.75, 3.05) is 5.73 Å². The van der Waals surface area contributed by atoms with Gasteiger partial charge in [-0.1, -0.05) is 0 Å². The standard InChI is InChI=1S/C11H14N2O2/c1-8(2)15-11(14)7-13-10-5-3-9(12)4-6-10/h3-8H,12H2,1-2H3. The summed E-state index contributed by atoms with van der Waals surface area (Å²) in [5.41, 5.74) is 6.84. The molecule has 4 nitrogen and oxygen atoms in total. The Balaban J connectivity index is 2.57. The van der Waals surface area contributed by atoms with E-state index in [0.717, 1.165) is 6.21 Å². The van der Waals surface area contributed by atoms with Crippen LogP contribution in [0.15, 0.2) is 29.3 Å². The van der Waals surface area contributed by atoms with Gasteiger partial charge in [-0.15, -0.1) is 0 Å². The van der Waals surface area contributed by atoms with Crippen LogP contribution in [-0.4, -0.2) is 18.3 Å². The quantitative estimate of drug-likeness (QED) is 0.467. The molecule has 2 N–H and O–H groups in total. The minimum Gasteiger partial charge on any atom is -0.459 e. The Morgan fingerprint density at radius 2 is 2.00 bits per heavy atom. The van der Waals surface area contributed by atoms with Crippen LogP contribution in [0.4, 0.5) is 11.4 Å². The fourth-order valence-electron chi connectivity index (χ4n) is 0.950. The van der Waals surface area contributed by atoms with Crippen LogP contribution in [0.25, 0.3) is 0 Å². The van der Waals surface area contributed by atoms with Crippen molar-refractivity contribution in [1.82, 2.24) is 0 Å². The van der Waals surface area contributed by atoms with Crippen molar-refractivity contribution < 1.29 is 9.53 Å². The molecule has 0 amide bonds. The first-order valence-electron chi connectivity index (χ1n) is 4.68. The first-order valence-corrected chi connectivity index (χ1v) is 4.68. The van der Waals surface area contributed by atoms with Crippen molar-refractivity contribution in [3.63, 3.8) is 0 Å². The van der Waals surface area contributed by atoms with E-state index in [9.17, 15) is 4.79 Å². The minimum absolute atomic E-state index is 0.129. The molecule has 0 aliphatic heterocycles. The van der Waals surface area contributed by atoms with Gasteiger partial charge < -0.3 is 10.5 Å². The number of rotatable bonds is 3. The number of nitrogens with two attached hydrogens (primary N) is 1. The maximum Gasteiger partial charge on any atom is 0.349 e. The largest absolute Gasteiger partial charge is 0.459 e. The van der Waals surface area contributed by atoms with E-state index in [1.807, 2.05) is 0 Å². The number of carbonyl (C=O) groups excluding carboxylic acids is 1. The molecule has 1 rings (SSSR count). The lowest BCUT2D eigenvalue weighted by Gasteiger charge is -2.03. The molecule has 4 heteroatoms. The van der Waals surface area contributed by atoms with Crippen molar-refractivity contribution in [3.05, 3.63) is 24.3 Å². The lowest BCUT2D eigenvalue weighted by molar-refractivity contribution is -0.138. The minimum atomic E-state index is -0.443. The van der Waals surface area contributed by atoms with E-state index in [4.69, 9.17) is 10.5 Å². The van der Waals surface area contributed by atoms with Gasteiger partial charge in [-0.3, -0.25) is 0 Å². The van der Waals surface area contributed by atoms with Crippen molar-refractivity contribution in [3.8, 4) is 0 Å². The molecule has 1 aromatic carbocycles. The molecule has 0 bridgehead atoms. The van der Waals surface area contributed by atoms with Gasteiger partial charge in [0.1, 0.15) is 6.21 Å². The van der Waals surface area contributed by atoms with E-state index in [0.29, 0.717) is 11.4 Å². The van der Waals surface area contributed by atoms with Crippen molar-refractivity contribution in [2.24, 2.45) is 4.99 Å². The summed E-state index contributed by atoms with van der Waals surface area (Å²) in [6.07, 6.45) is 1.03. The third-order valence-corrected chi connectivity index (χ3v) is 1.56. The van der Waals surface area contributed by atoms with Crippen molar-refractivity contribution in [2.45, 2.75) is 20.0 Å². The normalized spacial score (nSPS) is 10.9. The summed E-state index contributed by atoms with van der Waals surface area (Å²) in [5.74, 6) is -0.443. The Kier molecular flexibility index (Phi) is 3.85. The number of benzene rings is 1. The highest BCUT2D eigenvalue weighted by molar-refractivity contribution is 6.23. The lowest BCUT2D eigenvalue weighted by Crippen LogP contribution is -2.11. The Morgan fingerprint density at radius 1 is 1.40 bits per heavy atom. The second-order valence-electron chi connectivity index (χ2n) is 3.34. The van der Waals surface area contributed by atoms with E-state index in [1.54, 1.807) is 38.1 Å². The molecule has 0 spiro atoms. The van der Waals surface area contributed by atoms with Gasteiger partial charge in [-0.2, -0.15) is 0 Å². The summed E-state index contributed by atoms with van der Waals surface area (Å²) in [5, 5.41) is 0. The highest BCUT2D eigenvalue weighted by Gasteiger charge is 2.00. The first-order chi connectivity index (χ1) is 7.08. The fraction of sp³-hybridized carbons (Fsp3) is 0.273. The van der Waals surface area contributed by atoms with Crippen LogP contribution in [0, 0.1) is 0 Å². The Morgan fingerprint density at radius 3 is 2.53 bits per heavy atom. The summed E-state index contributed by atoms with van der Waals surface area (Å²) in [4.78, 5) is 15.0. The number of anilines is 1. The van der Waals surface area contributed by atoms with Gasteiger partial charge in [-0.25, -0.2) is 9.79 Å². The molecule has 15 heavy (non-hydrogen) atoms. The molecule has 0 saturated heterocycles. The average molecular weight is 206 g/mol. The zero-order valence-corrected chi connectivity index (χ0v) is 8.81. The topological polar surface area (TPSA) is 64.7 Å². The van der Waals surface area contributed by atoms with E-state index in [2.05, 4.69) is 4.99 Å². The third kappa shape index (κ3) is 4.26.